The SMILES string of the molecule is O=C(Cl)c1c([N+](=O)[O-])cc(C(F)F)nc1I. The predicted molar refractivity (Wildman–Crippen MR) is 58.7 cm³/mol. The second-order valence-electron chi connectivity index (χ2n) is 2.56. The van der Waals surface area contributed by atoms with Crippen molar-refractivity contribution < 1.29 is 18.5 Å². The lowest BCUT2D eigenvalue weighted by atomic mass is 10.2. The molecule has 0 unspecified atom stereocenters. The Morgan fingerprint density at radius 3 is 2.56 bits per heavy atom. The second kappa shape index (κ2) is 4.95. The van der Waals surface area contributed by atoms with Crippen LogP contribution in [-0.2, 0) is 0 Å². The second-order valence-corrected chi connectivity index (χ2v) is 3.93. The molecule has 0 aromatic carbocycles. The summed E-state index contributed by atoms with van der Waals surface area (Å²) in [4.78, 5) is 23.9. The topological polar surface area (TPSA) is 73.1 Å². The number of pyridine rings is 1. The van der Waals surface area contributed by atoms with Crippen LogP contribution < -0.4 is 0 Å². The molecule has 1 aromatic rings. The molecule has 1 heterocycles. The molecular weight excluding hydrogens is 360 g/mol. The van der Waals surface area contributed by atoms with E-state index >= 15 is 0 Å². The van der Waals surface area contributed by atoms with E-state index in [1.807, 2.05) is 0 Å². The first-order valence-corrected chi connectivity index (χ1v) is 5.13. The third kappa shape index (κ3) is 2.61. The van der Waals surface area contributed by atoms with Crippen LogP contribution in [0.15, 0.2) is 6.07 Å². The fraction of sp³-hybridized carbons (Fsp3) is 0.143. The van der Waals surface area contributed by atoms with Crippen LogP contribution >= 0.6 is 34.2 Å². The summed E-state index contributed by atoms with van der Waals surface area (Å²) in [6.45, 7) is 0. The number of rotatable bonds is 3. The van der Waals surface area contributed by atoms with Gasteiger partial charge in [-0.3, -0.25) is 14.9 Å². The zero-order valence-corrected chi connectivity index (χ0v) is 10.2. The highest BCUT2D eigenvalue weighted by atomic mass is 127. The molecule has 0 fully saturated rings. The van der Waals surface area contributed by atoms with Crippen molar-refractivity contribution in [3.05, 3.63) is 31.1 Å². The van der Waals surface area contributed by atoms with Gasteiger partial charge < -0.3 is 0 Å². The van der Waals surface area contributed by atoms with Gasteiger partial charge in [0.05, 0.1) is 4.92 Å². The van der Waals surface area contributed by atoms with Crippen molar-refractivity contribution in [3.63, 3.8) is 0 Å². The van der Waals surface area contributed by atoms with Crippen molar-refractivity contribution in [2.75, 3.05) is 0 Å². The van der Waals surface area contributed by atoms with Crippen LogP contribution in [0.2, 0.25) is 0 Å². The summed E-state index contributed by atoms with van der Waals surface area (Å²) in [5.41, 5.74) is -2.01. The Morgan fingerprint density at radius 1 is 1.62 bits per heavy atom. The number of carbonyl (C=O) groups is 1. The molecule has 5 nitrogen and oxygen atoms in total. The molecule has 16 heavy (non-hydrogen) atoms. The lowest BCUT2D eigenvalue weighted by molar-refractivity contribution is -0.385. The number of hydrogen-bond donors (Lipinski definition) is 0. The van der Waals surface area contributed by atoms with Gasteiger partial charge in [-0.05, 0) is 34.2 Å². The van der Waals surface area contributed by atoms with Gasteiger partial charge in [-0.25, -0.2) is 13.8 Å². The van der Waals surface area contributed by atoms with Crippen LogP contribution in [0, 0.1) is 13.8 Å². The van der Waals surface area contributed by atoms with Crippen LogP contribution in [0.1, 0.15) is 22.5 Å². The van der Waals surface area contributed by atoms with Crippen molar-refractivity contribution in [1.29, 1.82) is 0 Å². The quantitative estimate of drug-likeness (QED) is 0.272. The molecule has 0 saturated heterocycles. The van der Waals surface area contributed by atoms with Gasteiger partial charge in [-0.2, -0.15) is 0 Å². The summed E-state index contributed by atoms with van der Waals surface area (Å²) in [6, 6.07) is 0.544. The van der Waals surface area contributed by atoms with Crippen molar-refractivity contribution in [3.8, 4) is 0 Å². The maximum atomic E-state index is 12.3. The molecule has 0 bridgehead atoms. The van der Waals surface area contributed by atoms with E-state index in [0.29, 0.717) is 6.07 Å². The Balaban J connectivity index is 3.52. The van der Waals surface area contributed by atoms with E-state index < -0.39 is 33.5 Å². The smallest absolute Gasteiger partial charge is 0.275 e. The zero-order valence-electron chi connectivity index (χ0n) is 7.29. The van der Waals surface area contributed by atoms with Gasteiger partial charge in [0.2, 0.25) is 0 Å². The molecule has 0 saturated carbocycles. The Kier molecular flexibility index (Phi) is 4.08. The van der Waals surface area contributed by atoms with E-state index in [-0.39, 0.29) is 3.70 Å². The number of hydrogen-bond acceptors (Lipinski definition) is 4. The van der Waals surface area contributed by atoms with E-state index in [4.69, 9.17) is 11.6 Å². The zero-order chi connectivity index (χ0) is 12.5. The fourth-order valence-electron chi connectivity index (χ4n) is 0.957. The lowest BCUT2D eigenvalue weighted by Gasteiger charge is -2.04. The van der Waals surface area contributed by atoms with Crippen LogP contribution in [0.25, 0.3) is 0 Å². The largest absolute Gasteiger partial charge is 0.286 e. The maximum Gasteiger partial charge on any atom is 0.286 e. The van der Waals surface area contributed by atoms with Crippen LogP contribution in [0.3, 0.4) is 0 Å². The molecule has 9 heteroatoms. The Bertz CT molecular complexity index is 469. The minimum Gasteiger partial charge on any atom is -0.275 e. The third-order valence-corrected chi connectivity index (χ3v) is 2.56. The lowest BCUT2D eigenvalue weighted by Crippen LogP contribution is -2.06. The number of halogens is 4. The predicted octanol–water partition coefficient (Wildman–Crippen LogP) is 2.91. The highest BCUT2D eigenvalue weighted by molar-refractivity contribution is 14.1. The van der Waals surface area contributed by atoms with Crippen LogP contribution in [0.5, 0.6) is 0 Å². The molecule has 1 rings (SSSR count). The Labute approximate surface area is 106 Å². The van der Waals surface area contributed by atoms with E-state index in [9.17, 15) is 23.7 Å². The molecule has 1 aromatic heterocycles. The summed E-state index contributed by atoms with van der Waals surface area (Å²) in [7, 11) is 0. The summed E-state index contributed by atoms with van der Waals surface area (Å²) in [5.74, 6) is 0. The average molecular weight is 362 g/mol. The molecule has 0 spiro atoms. The van der Waals surface area contributed by atoms with Crippen molar-refractivity contribution in [2.45, 2.75) is 6.43 Å². The average Bonchev–Trinajstić information content (AvgIpc) is 2.15. The highest BCUT2D eigenvalue weighted by Crippen LogP contribution is 2.29. The molecule has 0 N–H and O–H groups in total. The van der Waals surface area contributed by atoms with Gasteiger partial charge in [0.15, 0.2) is 0 Å². The normalized spacial score (nSPS) is 10.6. The van der Waals surface area contributed by atoms with Gasteiger partial charge in [-0.1, -0.05) is 0 Å². The monoisotopic (exact) mass is 362 g/mol. The minimum atomic E-state index is -2.95. The standard InChI is InChI=1S/C7H2ClF2IN2O3/c8-5(14)4-3(13(15)16)1-2(6(9)10)12-7(4)11/h1,6H. The summed E-state index contributed by atoms with van der Waals surface area (Å²) in [5, 5.41) is 9.46. The fourth-order valence-corrected chi connectivity index (χ4v) is 2.10. The summed E-state index contributed by atoms with van der Waals surface area (Å²) >= 11 is 6.55. The van der Waals surface area contributed by atoms with Crippen molar-refractivity contribution in [1.82, 2.24) is 4.98 Å². The molecule has 0 amide bonds. The molecule has 0 aliphatic heterocycles. The molecule has 0 aliphatic rings. The van der Waals surface area contributed by atoms with E-state index in [0.717, 1.165) is 0 Å². The van der Waals surface area contributed by atoms with Gasteiger partial charge >= 0.3 is 0 Å². The minimum absolute atomic E-state index is 0.220. The summed E-state index contributed by atoms with van der Waals surface area (Å²) < 4.78 is 24.4. The number of nitrogens with zero attached hydrogens (tertiary/aromatic N) is 2. The van der Waals surface area contributed by atoms with Crippen LogP contribution in [0.4, 0.5) is 14.5 Å². The molecule has 0 radical (unpaired) electrons. The van der Waals surface area contributed by atoms with E-state index in [2.05, 4.69) is 4.98 Å². The number of alkyl halides is 2. The Hall–Kier alpha value is -0.900. The summed E-state index contributed by atoms with van der Waals surface area (Å²) in [6.07, 6.45) is -2.95. The van der Waals surface area contributed by atoms with Crippen molar-refractivity contribution >= 4 is 45.1 Å². The van der Waals surface area contributed by atoms with Crippen LogP contribution in [-0.4, -0.2) is 15.1 Å². The number of aromatic nitrogens is 1. The van der Waals surface area contributed by atoms with Gasteiger partial charge in [-0.15, -0.1) is 0 Å². The Morgan fingerprint density at radius 2 is 2.19 bits per heavy atom. The van der Waals surface area contributed by atoms with E-state index in [1.54, 1.807) is 0 Å². The third-order valence-electron chi connectivity index (χ3n) is 1.59. The maximum absolute atomic E-state index is 12.3. The molecule has 0 atom stereocenters. The molecule has 86 valence electrons. The van der Waals surface area contributed by atoms with Crippen molar-refractivity contribution in [2.24, 2.45) is 0 Å². The first-order chi connectivity index (χ1) is 7.34. The molecule has 0 aliphatic carbocycles. The first kappa shape index (κ1) is 13.2. The highest BCUT2D eigenvalue weighted by Gasteiger charge is 2.26. The first-order valence-electron chi connectivity index (χ1n) is 3.67. The number of nitro groups is 1. The van der Waals surface area contributed by atoms with Gasteiger partial charge in [0.25, 0.3) is 17.4 Å². The van der Waals surface area contributed by atoms with E-state index in [1.165, 1.54) is 22.6 Å². The molecular formula is C7H2ClF2IN2O3. The number of carbonyl (C=O) groups excluding carboxylic acids is 1. The van der Waals surface area contributed by atoms with Gasteiger partial charge in [0, 0.05) is 6.07 Å². The van der Waals surface area contributed by atoms with Gasteiger partial charge in [0.1, 0.15) is 15.0 Å².